The predicted octanol–water partition coefficient (Wildman–Crippen LogP) is 3.79. The van der Waals surface area contributed by atoms with E-state index in [4.69, 9.17) is 32.2 Å². The van der Waals surface area contributed by atoms with Gasteiger partial charge >= 0.3 is 6.09 Å². The number of methoxy groups -OCH3 is 1. The summed E-state index contributed by atoms with van der Waals surface area (Å²) < 4.78 is 10.8. The van der Waals surface area contributed by atoms with Crippen LogP contribution < -0.4 is 15.4 Å². The molecular weight excluding hydrogens is 358 g/mol. The summed E-state index contributed by atoms with van der Waals surface area (Å²) in [6, 6.07) is 4.77. The Labute approximate surface area is 156 Å². The Morgan fingerprint density at radius 3 is 2.65 bits per heavy atom. The zero-order valence-electron chi connectivity index (χ0n) is 14.9. The van der Waals surface area contributed by atoms with E-state index in [9.17, 15) is 4.79 Å². The smallest absolute Gasteiger partial charge is 0.420 e. The van der Waals surface area contributed by atoms with Gasteiger partial charge < -0.3 is 20.6 Å². The summed E-state index contributed by atoms with van der Waals surface area (Å²) in [6.45, 7) is 5.25. The van der Waals surface area contributed by atoms with Crippen molar-refractivity contribution in [2.75, 3.05) is 17.7 Å². The molecule has 0 aliphatic rings. The number of hydrogen-bond donors (Lipinski definition) is 2. The van der Waals surface area contributed by atoms with Crippen LogP contribution in [0, 0.1) is 5.41 Å². The number of benzene rings is 1. The maximum absolute atomic E-state index is 12.9. The zero-order chi connectivity index (χ0) is 19.5. The van der Waals surface area contributed by atoms with Gasteiger partial charge in [0.25, 0.3) is 0 Å². The third-order valence-corrected chi connectivity index (χ3v) is 3.38. The van der Waals surface area contributed by atoms with E-state index in [0.717, 1.165) is 6.21 Å². The van der Waals surface area contributed by atoms with Crippen LogP contribution in [0.1, 0.15) is 26.3 Å². The maximum Gasteiger partial charge on any atom is 0.420 e. The van der Waals surface area contributed by atoms with E-state index >= 15 is 0 Å². The highest BCUT2D eigenvalue weighted by molar-refractivity contribution is 6.28. The first-order chi connectivity index (χ1) is 12.2. The second-order valence-corrected chi connectivity index (χ2v) is 6.64. The van der Waals surface area contributed by atoms with Gasteiger partial charge in [0.05, 0.1) is 19.0 Å². The SMILES string of the molecule is COc1cnc(Cl)nc1N(C(=O)OC(C)(C)C)c1ccc(N)c(C=N)c1. The van der Waals surface area contributed by atoms with Gasteiger partial charge in [0, 0.05) is 17.5 Å². The van der Waals surface area contributed by atoms with Crippen LogP contribution in [0.15, 0.2) is 24.4 Å². The van der Waals surface area contributed by atoms with Crippen molar-refractivity contribution in [1.29, 1.82) is 5.41 Å². The van der Waals surface area contributed by atoms with Crippen molar-refractivity contribution in [3.8, 4) is 5.75 Å². The fourth-order valence-electron chi connectivity index (χ4n) is 2.09. The second kappa shape index (κ2) is 7.57. The molecule has 9 heteroatoms. The Bertz CT molecular complexity index is 836. The van der Waals surface area contributed by atoms with Gasteiger partial charge in [-0.15, -0.1) is 0 Å². The highest BCUT2D eigenvalue weighted by Crippen LogP contribution is 2.34. The minimum absolute atomic E-state index is 0.0583. The molecule has 0 radical (unpaired) electrons. The van der Waals surface area contributed by atoms with Gasteiger partial charge in [-0.2, -0.15) is 4.98 Å². The molecule has 1 amide bonds. The van der Waals surface area contributed by atoms with E-state index < -0.39 is 11.7 Å². The summed E-state index contributed by atoms with van der Waals surface area (Å²) in [4.78, 5) is 22.1. The fraction of sp³-hybridized carbons (Fsp3) is 0.294. The molecule has 0 fully saturated rings. The molecule has 1 aromatic carbocycles. The molecule has 0 bridgehead atoms. The summed E-state index contributed by atoms with van der Waals surface area (Å²) in [7, 11) is 1.43. The van der Waals surface area contributed by atoms with Crippen molar-refractivity contribution in [2.24, 2.45) is 0 Å². The van der Waals surface area contributed by atoms with E-state index in [-0.39, 0.29) is 16.9 Å². The molecule has 1 heterocycles. The summed E-state index contributed by atoms with van der Waals surface area (Å²) >= 11 is 5.91. The van der Waals surface area contributed by atoms with Crippen molar-refractivity contribution in [2.45, 2.75) is 26.4 Å². The molecule has 8 nitrogen and oxygen atoms in total. The highest BCUT2D eigenvalue weighted by Gasteiger charge is 2.29. The number of carbonyl (C=O) groups is 1. The number of nitrogen functional groups attached to an aromatic ring is 1. The number of nitrogens with two attached hydrogens (primary N) is 1. The third-order valence-electron chi connectivity index (χ3n) is 3.20. The Kier molecular flexibility index (Phi) is 5.66. The topological polar surface area (TPSA) is 114 Å². The van der Waals surface area contributed by atoms with Crippen molar-refractivity contribution in [3.63, 3.8) is 0 Å². The van der Waals surface area contributed by atoms with E-state index in [2.05, 4.69) is 9.97 Å². The number of ether oxygens (including phenoxy) is 2. The number of halogens is 1. The lowest BCUT2D eigenvalue weighted by Gasteiger charge is -2.27. The van der Waals surface area contributed by atoms with Gasteiger partial charge in [0.1, 0.15) is 5.60 Å². The van der Waals surface area contributed by atoms with Crippen LogP contribution in [0.4, 0.5) is 22.0 Å². The molecule has 0 saturated carbocycles. The maximum atomic E-state index is 12.9. The van der Waals surface area contributed by atoms with Gasteiger partial charge in [-0.25, -0.2) is 14.7 Å². The third kappa shape index (κ3) is 4.40. The summed E-state index contributed by atoms with van der Waals surface area (Å²) in [5, 5.41) is 7.42. The molecule has 0 saturated heterocycles. The molecule has 0 aliphatic carbocycles. The van der Waals surface area contributed by atoms with E-state index in [0.29, 0.717) is 16.9 Å². The number of hydrogen-bond acceptors (Lipinski definition) is 7. The average Bonchev–Trinajstić information content (AvgIpc) is 2.55. The van der Waals surface area contributed by atoms with Crippen LogP contribution in [0.25, 0.3) is 0 Å². The zero-order valence-corrected chi connectivity index (χ0v) is 15.7. The van der Waals surface area contributed by atoms with E-state index in [1.165, 1.54) is 18.2 Å². The van der Waals surface area contributed by atoms with Gasteiger partial charge in [0.2, 0.25) is 5.28 Å². The van der Waals surface area contributed by atoms with Gasteiger partial charge in [-0.1, -0.05) is 0 Å². The molecule has 2 aromatic rings. The number of carbonyl (C=O) groups excluding carboxylic acids is 1. The lowest BCUT2D eigenvalue weighted by atomic mass is 10.1. The van der Waals surface area contributed by atoms with Crippen LogP contribution in [0.5, 0.6) is 5.75 Å². The fourth-order valence-corrected chi connectivity index (χ4v) is 2.22. The van der Waals surface area contributed by atoms with E-state index in [1.54, 1.807) is 39.0 Å². The standard InChI is InChI=1S/C17H20ClN5O3/c1-17(2,3)26-16(24)23(11-5-6-12(20)10(7-11)8-19)14-13(25-4)9-21-15(18)22-14/h5-9,19H,20H2,1-4H3. The number of nitrogens with one attached hydrogen (secondary N) is 1. The molecule has 0 spiro atoms. The number of aromatic nitrogens is 2. The van der Waals surface area contributed by atoms with E-state index in [1.807, 2.05) is 0 Å². The quantitative estimate of drug-likeness (QED) is 0.476. The number of rotatable bonds is 4. The van der Waals surface area contributed by atoms with Crippen molar-refractivity contribution >= 4 is 41.1 Å². The van der Waals surface area contributed by atoms with Crippen LogP contribution in [0.3, 0.4) is 0 Å². The lowest BCUT2D eigenvalue weighted by Crippen LogP contribution is -2.34. The molecule has 0 aliphatic heterocycles. The van der Waals surface area contributed by atoms with Gasteiger partial charge in [-0.3, -0.25) is 0 Å². The molecule has 138 valence electrons. The Balaban J connectivity index is 2.65. The molecule has 26 heavy (non-hydrogen) atoms. The summed E-state index contributed by atoms with van der Waals surface area (Å²) in [5.41, 5.74) is 6.33. The van der Waals surface area contributed by atoms with Crippen LogP contribution in [0.2, 0.25) is 5.28 Å². The number of nitrogens with zero attached hydrogens (tertiary/aromatic N) is 3. The molecule has 0 unspecified atom stereocenters. The first-order valence-electron chi connectivity index (χ1n) is 7.66. The molecule has 0 atom stereocenters. The first-order valence-corrected chi connectivity index (χ1v) is 8.03. The number of anilines is 3. The largest absolute Gasteiger partial charge is 0.491 e. The van der Waals surface area contributed by atoms with Crippen LogP contribution >= 0.6 is 11.6 Å². The van der Waals surface area contributed by atoms with Gasteiger partial charge in [0.15, 0.2) is 11.6 Å². The number of amides is 1. The second-order valence-electron chi connectivity index (χ2n) is 6.30. The monoisotopic (exact) mass is 377 g/mol. The van der Waals surface area contributed by atoms with Crippen molar-refractivity contribution in [3.05, 3.63) is 35.2 Å². The average molecular weight is 378 g/mol. The normalized spacial score (nSPS) is 11.0. The summed E-state index contributed by atoms with van der Waals surface area (Å²) in [5.74, 6) is 0.343. The molecule has 2 rings (SSSR count). The summed E-state index contributed by atoms with van der Waals surface area (Å²) in [6.07, 6.45) is 1.76. The van der Waals surface area contributed by atoms with Crippen LogP contribution in [-0.4, -0.2) is 35.0 Å². The lowest BCUT2D eigenvalue weighted by molar-refractivity contribution is 0.0597. The minimum atomic E-state index is -0.739. The van der Waals surface area contributed by atoms with Crippen molar-refractivity contribution < 1.29 is 14.3 Å². The van der Waals surface area contributed by atoms with Gasteiger partial charge in [-0.05, 0) is 50.6 Å². The molecule has 3 N–H and O–H groups in total. The Morgan fingerprint density at radius 2 is 2.08 bits per heavy atom. The predicted molar refractivity (Wildman–Crippen MR) is 101 cm³/mol. The highest BCUT2D eigenvalue weighted by atomic mass is 35.5. The minimum Gasteiger partial charge on any atom is -0.491 e. The van der Waals surface area contributed by atoms with Crippen molar-refractivity contribution in [1.82, 2.24) is 9.97 Å². The molecular formula is C17H20ClN5O3. The Hall–Kier alpha value is -2.87. The first kappa shape index (κ1) is 19.5. The van der Waals surface area contributed by atoms with Crippen LogP contribution in [-0.2, 0) is 4.74 Å². The molecule has 1 aromatic heterocycles. The Morgan fingerprint density at radius 1 is 1.38 bits per heavy atom.